The van der Waals surface area contributed by atoms with Crippen LogP contribution in [0.15, 0.2) is 60.7 Å². The number of hydrogen-bond donors (Lipinski definition) is 4. The Morgan fingerprint density at radius 1 is 0.767 bits per heavy atom. The molecule has 0 heterocycles. The van der Waals surface area contributed by atoms with E-state index in [4.69, 9.17) is 15.3 Å². The van der Waals surface area contributed by atoms with Crippen molar-refractivity contribution in [1.29, 1.82) is 0 Å². The topological polar surface area (TPSA) is 149 Å². The molecule has 0 radical (unpaired) electrons. The third-order valence-electron chi connectivity index (χ3n) is 4.62. The van der Waals surface area contributed by atoms with Gasteiger partial charge in [0.1, 0.15) is 0 Å². The van der Waals surface area contributed by atoms with E-state index in [-0.39, 0.29) is 11.1 Å². The SMILES string of the molecule is O=C(O)C1C=CCCC1C(=O)O.O=C(O)c1cccc(-c2ccccc2)c1C(=O)O. The summed E-state index contributed by atoms with van der Waals surface area (Å²) in [7, 11) is 0. The van der Waals surface area contributed by atoms with E-state index in [1.807, 2.05) is 6.07 Å². The first-order valence-electron chi connectivity index (χ1n) is 9.01. The van der Waals surface area contributed by atoms with E-state index in [1.165, 1.54) is 18.2 Å². The third kappa shape index (κ3) is 5.32. The van der Waals surface area contributed by atoms with Crippen LogP contribution in [-0.2, 0) is 9.59 Å². The van der Waals surface area contributed by atoms with Crippen molar-refractivity contribution in [3.8, 4) is 11.1 Å². The molecule has 3 rings (SSSR count). The zero-order chi connectivity index (χ0) is 22.3. The fraction of sp³-hybridized carbons (Fsp3) is 0.182. The van der Waals surface area contributed by atoms with Crippen LogP contribution in [0.3, 0.4) is 0 Å². The van der Waals surface area contributed by atoms with Gasteiger partial charge in [0, 0.05) is 0 Å². The molecule has 156 valence electrons. The lowest BCUT2D eigenvalue weighted by Gasteiger charge is -2.19. The molecule has 0 saturated carbocycles. The third-order valence-corrected chi connectivity index (χ3v) is 4.62. The van der Waals surface area contributed by atoms with E-state index >= 15 is 0 Å². The molecule has 4 N–H and O–H groups in total. The first-order chi connectivity index (χ1) is 14.2. The van der Waals surface area contributed by atoms with Gasteiger partial charge in [-0.25, -0.2) is 9.59 Å². The van der Waals surface area contributed by atoms with Crippen molar-refractivity contribution in [2.75, 3.05) is 0 Å². The molecule has 30 heavy (non-hydrogen) atoms. The Labute approximate surface area is 171 Å². The van der Waals surface area contributed by atoms with E-state index in [9.17, 15) is 24.3 Å². The van der Waals surface area contributed by atoms with Crippen molar-refractivity contribution in [3.63, 3.8) is 0 Å². The van der Waals surface area contributed by atoms with Gasteiger partial charge in [0.25, 0.3) is 0 Å². The monoisotopic (exact) mass is 412 g/mol. The van der Waals surface area contributed by atoms with Gasteiger partial charge in [-0.3, -0.25) is 9.59 Å². The number of benzene rings is 2. The molecule has 0 bridgehead atoms. The van der Waals surface area contributed by atoms with Gasteiger partial charge in [-0.15, -0.1) is 0 Å². The zero-order valence-electron chi connectivity index (χ0n) is 15.8. The van der Waals surface area contributed by atoms with Crippen molar-refractivity contribution in [2.45, 2.75) is 12.8 Å². The normalized spacial score (nSPS) is 17.3. The number of carboxylic acids is 4. The maximum atomic E-state index is 11.3. The summed E-state index contributed by atoms with van der Waals surface area (Å²) in [6, 6.07) is 13.3. The highest BCUT2D eigenvalue weighted by Gasteiger charge is 2.32. The number of aromatic carboxylic acids is 2. The molecular formula is C22H20O8. The smallest absolute Gasteiger partial charge is 0.337 e. The second kappa shape index (κ2) is 10.0. The molecule has 0 aromatic heterocycles. The molecule has 1 aliphatic rings. The predicted molar refractivity (Wildman–Crippen MR) is 106 cm³/mol. The summed E-state index contributed by atoms with van der Waals surface area (Å²) in [6.07, 6.45) is 4.26. The highest BCUT2D eigenvalue weighted by Crippen LogP contribution is 2.26. The van der Waals surface area contributed by atoms with Crippen molar-refractivity contribution in [1.82, 2.24) is 0 Å². The summed E-state index contributed by atoms with van der Waals surface area (Å²) in [5, 5.41) is 35.5. The number of allylic oxidation sites excluding steroid dienone is 1. The second-order valence-corrected chi connectivity index (χ2v) is 6.52. The van der Waals surface area contributed by atoms with Crippen LogP contribution in [-0.4, -0.2) is 44.3 Å². The van der Waals surface area contributed by atoms with Gasteiger partial charge in [0.05, 0.1) is 23.0 Å². The zero-order valence-corrected chi connectivity index (χ0v) is 15.8. The van der Waals surface area contributed by atoms with Crippen molar-refractivity contribution in [2.24, 2.45) is 11.8 Å². The van der Waals surface area contributed by atoms with Gasteiger partial charge >= 0.3 is 23.9 Å². The molecule has 2 aromatic rings. The summed E-state index contributed by atoms with van der Waals surface area (Å²) in [4.78, 5) is 43.4. The van der Waals surface area contributed by atoms with E-state index in [0.717, 1.165) is 0 Å². The van der Waals surface area contributed by atoms with Gasteiger partial charge < -0.3 is 20.4 Å². The van der Waals surface area contributed by atoms with Crippen LogP contribution in [0.25, 0.3) is 11.1 Å². The molecular weight excluding hydrogens is 392 g/mol. The van der Waals surface area contributed by atoms with Crippen LogP contribution in [0.2, 0.25) is 0 Å². The van der Waals surface area contributed by atoms with Crippen molar-refractivity contribution < 1.29 is 39.6 Å². The minimum absolute atomic E-state index is 0.184. The Balaban J connectivity index is 0.000000232. The number of hydrogen-bond acceptors (Lipinski definition) is 4. The Morgan fingerprint density at radius 3 is 1.93 bits per heavy atom. The first-order valence-corrected chi connectivity index (χ1v) is 9.01. The molecule has 2 aromatic carbocycles. The fourth-order valence-corrected chi connectivity index (χ4v) is 3.18. The summed E-state index contributed by atoms with van der Waals surface area (Å²) in [5.41, 5.74) is 0.695. The summed E-state index contributed by atoms with van der Waals surface area (Å²) in [6.45, 7) is 0. The summed E-state index contributed by atoms with van der Waals surface area (Å²) < 4.78 is 0. The minimum Gasteiger partial charge on any atom is -0.481 e. The number of carboxylic acid groups (broad SMARTS) is 4. The van der Waals surface area contributed by atoms with Crippen LogP contribution >= 0.6 is 0 Å². The molecule has 0 spiro atoms. The lowest BCUT2D eigenvalue weighted by molar-refractivity contribution is -0.152. The highest BCUT2D eigenvalue weighted by molar-refractivity contribution is 6.06. The maximum Gasteiger partial charge on any atom is 0.337 e. The van der Waals surface area contributed by atoms with E-state index < -0.39 is 35.7 Å². The Hall–Kier alpha value is -3.94. The van der Waals surface area contributed by atoms with Gasteiger partial charge in [0.2, 0.25) is 0 Å². The van der Waals surface area contributed by atoms with Gasteiger partial charge in [0.15, 0.2) is 0 Å². The largest absolute Gasteiger partial charge is 0.481 e. The van der Waals surface area contributed by atoms with Gasteiger partial charge in [-0.05, 0) is 30.0 Å². The Morgan fingerprint density at radius 2 is 1.43 bits per heavy atom. The van der Waals surface area contributed by atoms with Crippen LogP contribution < -0.4 is 0 Å². The van der Waals surface area contributed by atoms with E-state index in [1.54, 1.807) is 36.4 Å². The Kier molecular flexibility index (Phi) is 7.46. The van der Waals surface area contributed by atoms with Crippen LogP contribution in [0.4, 0.5) is 0 Å². The number of carbonyl (C=O) groups is 4. The molecule has 0 amide bonds. The van der Waals surface area contributed by atoms with Crippen molar-refractivity contribution >= 4 is 23.9 Å². The fourth-order valence-electron chi connectivity index (χ4n) is 3.18. The average molecular weight is 412 g/mol. The Bertz CT molecular complexity index is 978. The van der Waals surface area contributed by atoms with Crippen LogP contribution in [0, 0.1) is 11.8 Å². The van der Waals surface area contributed by atoms with Crippen LogP contribution in [0.1, 0.15) is 33.6 Å². The average Bonchev–Trinajstić information content (AvgIpc) is 2.74. The summed E-state index contributed by atoms with van der Waals surface area (Å²) >= 11 is 0. The molecule has 0 aliphatic heterocycles. The van der Waals surface area contributed by atoms with Gasteiger partial charge in [-0.1, -0.05) is 54.6 Å². The minimum atomic E-state index is -1.25. The highest BCUT2D eigenvalue weighted by atomic mass is 16.4. The molecule has 0 fully saturated rings. The number of aliphatic carboxylic acids is 2. The van der Waals surface area contributed by atoms with E-state index in [0.29, 0.717) is 24.0 Å². The molecule has 1 aliphatic carbocycles. The molecule has 8 heteroatoms. The quantitative estimate of drug-likeness (QED) is 0.545. The number of rotatable bonds is 5. The predicted octanol–water partition coefficient (Wildman–Crippen LogP) is 3.49. The molecule has 2 unspecified atom stereocenters. The molecule has 8 nitrogen and oxygen atoms in total. The van der Waals surface area contributed by atoms with Crippen LogP contribution in [0.5, 0.6) is 0 Å². The standard InChI is InChI=1S/C14H10O4.C8H10O4/c15-13(16)11-8-4-7-10(12(11)14(17)18)9-5-2-1-3-6-9;9-7(10)5-3-1-2-4-6(5)8(11)12/h1-8H,(H,15,16)(H,17,18);1,3,5-6H,2,4H2,(H,9,10)(H,11,12). The summed E-state index contributed by atoms with van der Waals surface area (Å²) in [5.74, 6) is -6.18. The first kappa shape index (κ1) is 22.4. The second-order valence-electron chi connectivity index (χ2n) is 6.52. The van der Waals surface area contributed by atoms with E-state index in [2.05, 4.69) is 0 Å². The van der Waals surface area contributed by atoms with Gasteiger partial charge in [-0.2, -0.15) is 0 Å². The molecule has 0 saturated heterocycles. The van der Waals surface area contributed by atoms with Crippen molar-refractivity contribution in [3.05, 3.63) is 71.8 Å². The molecule has 2 atom stereocenters. The maximum absolute atomic E-state index is 11.3. The lowest BCUT2D eigenvalue weighted by atomic mass is 9.84. The lowest BCUT2D eigenvalue weighted by Crippen LogP contribution is -2.30.